The Morgan fingerprint density at radius 1 is 0.510 bits per heavy atom. The van der Waals surface area contributed by atoms with Crippen LogP contribution in [0, 0.1) is 0 Å². The number of aromatic hydroxyl groups is 4. The number of fused-ring (bicyclic) bond motifs is 2. The summed E-state index contributed by atoms with van der Waals surface area (Å²) in [4.78, 5) is 47.7. The lowest BCUT2D eigenvalue weighted by Crippen LogP contribution is -2.35. The lowest BCUT2D eigenvalue weighted by Gasteiger charge is -2.14. The molecule has 0 saturated carbocycles. The monoisotopic (exact) mass is 1410 g/mol. The lowest BCUT2D eigenvalue weighted by molar-refractivity contribution is -0.130. The van der Waals surface area contributed by atoms with E-state index in [1.807, 2.05) is 0 Å². The van der Waals surface area contributed by atoms with Crippen LogP contribution in [0.5, 0.6) is 34.5 Å². The van der Waals surface area contributed by atoms with Crippen LogP contribution in [-0.4, -0.2) is 148 Å². The molecule has 0 aromatic heterocycles. The summed E-state index contributed by atoms with van der Waals surface area (Å²) in [6.07, 6.45) is 0. The Hall–Kier alpha value is -11.3. The molecule has 2 heterocycles. The number of carbonyl (C=O) groups excluding carboxylic acids is 3. The molecule has 1 saturated heterocycles. The first kappa shape index (κ1) is 67.5. The van der Waals surface area contributed by atoms with Crippen molar-refractivity contribution in [3.8, 4) is 34.5 Å². The Bertz CT molecular complexity index is 5430. The van der Waals surface area contributed by atoms with Crippen molar-refractivity contribution in [2.24, 2.45) is 46.0 Å². The Morgan fingerprint density at radius 3 is 1.48 bits per heavy atom. The molecule has 36 nitrogen and oxygen atoms in total. The van der Waals surface area contributed by atoms with Gasteiger partial charge in [0.05, 0.1) is 58.3 Å². The number of carbonyl (C=O) groups is 4. The van der Waals surface area contributed by atoms with Gasteiger partial charge in [-0.3, -0.25) is 33.5 Å². The molecule has 2 aliphatic rings. The molecule has 8 aromatic carbocycles. The van der Waals surface area contributed by atoms with Gasteiger partial charge in [-0.25, -0.2) is 26.6 Å². The van der Waals surface area contributed by atoms with E-state index in [0.717, 1.165) is 92.0 Å². The molecule has 496 valence electrons. The number of sulfone groups is 2. The average molecular weight is 1420 g/mol. The molecule has 0 radical (unpaired) electrons. The number of hydrazone groups is 1. The number of methoxy groups -OCH3 is 2. The van der Waals surface area contributed by atoms with Crippen LogP contribution >= 0.6 is 0 Å². The molecule has 9 N–H and O–H groups in total. The summed E-state index contributed by atoms with van der Waals surface area (Å²) in [5, 5.41) is 90.9. The molecule has 0 spiro atoms. The van der Waals surface area contributed by atoms with Gasteiger partial charge in [0.1, 0.15) is 60.4 Å². The van der Waals surface area contributed by atoms with Crippen LogP contribution in [0.2, 0.25) is 0 Å². The molecule has 0 aliphatic carbocycles. The molecule has 1 fully saturated rings. The van der Waals surface area contributed by atoms with Crippen molar-refractivity contribution < 1.29 is 110 Å². The van der Waals surface area contributed by atoms with Crippen molar-refractivity contribution in [1.82, 2.24) is 5.43 Å². The molecule has 3 amide bonds. The number of hydrazine groups is 1. The molecule has 2 atom stereocenters. The van der Waals surface area contributed by atoms with E-state index in [-0.39, 0.29) is 44.6 Å². The maximum atomic E-state index is 13.9. The van der Waals surface area contributed by atoms with Crippen molar-refractivity contribution in [3.63, 3.8) is 0 Å². The SMILES string of the molecule is COc1cc(N=Nc2ccc3ccc(N=NC4C(=O)NN(c5ccc(S(=O)(=O)O)cc5)C4=O)cc3c2O)c(O)cc1S(=O)(=O)CCS(=O)(=O)c1cc(O)c(N=Nc2c(S(=O)(=O)O)cc3ccc(N=NC4C(=O)N(c5ccc(S(=O)(=O)O)cc5)N=C4C(=O)O)cc3c2O)cc1OC. The Balaban J connectivity index is 0.837. The Labute approximate surface area is 539 Å². The first-order chi connectivity index (χ1) is 45.1. The van der Waals surface area contributed by atoms with Gasteiger partial charge in [0, 0.05) is 35.0 Å². The number of hydrogen-bond donors (Lipinski definition) is 9. The fourth-order valence-corrected chi connectivity index (χ4v) is 14.5. The summed E-state index contributed by atoms with van der Waals surface area (Å²) in [6.45, 7) is 0. The van der Waals surface area contributed by atoms with E-state index in [1.165, 1.54) is 42.5 Å². The smallest absolute Gasteiger partial charge is 0.355 e. The molecular formula is C55H42N12O24S5. The van der Waals surface area contributed by atoms with Crippen LogP contribution < -0.4 is 24.9 Å². The second kappa shape index (κ2) is 25.5. The number of ether oxygens (including phenoxy) is 2. The number of anilines is 2. The zero-order valence-electron chi connectivity index (χ0n) is 48.3. The molecule has 8 aromatic rings. The molecular weight excluding hydrogens is 1370 g/mol. The fraction of sp³-hybridized carbons (Fsp3) is 0.109. The maximum Gasteiger partial charge on any atom is 0.355 e. The zero-order chi connectivity index (χ0) is 69.7. The van der Waals surface area contributed by atoms with Gasteiger partial charge in [0.25, 0.3) is 48.1 Å². The third-order valence-corrected chi connectivity index (χ3v) is 20.3. The van der Waals surface area contributed by atoms with Gasteiger partial charge in [-0.05, 0) is 95.7 Å². The molecule has 41 heteroatoms. The van der Waals surface area contributed by atoms with Gasteiger partial charge in [-0.1, -0.05) is 18.2 Å². The number of azo groups is 4. The summed E-state index contributed by atoms with van der Waals surface area (Å²) in [6, 6.07) is 19.1. The van der Waals surface area contributed by atoms with Crippen LogP contribution in [-0.2, 0) is 69.2 Å². The van der Waals surface area contributed by atoms with Gasteiger partial charge >= 0.3 is 5.97 Å². The van der Waals surface area contributed by atoms with Gasteiger partial charge in [0.2, 0.25) is 12.1 Å². The topological polar surface area (TPSA) is 549 Å². The van der Waals surface area contributed by atoms with Crippen LogP contribution in [0.4, 0.5) is 45.5 Å². The summed E-state index contributed by atoms with van der Waals surface area (Å²) >= 11 is 0. The van der Waals surface area contributed by atoms with E-state index in [4.69, 9.17) is 9.47 Å². The van der Waals surface area contributed by atoms with E-state index < -0.39 is 179 Å². The van der Waals surface area contributed by atoms with Crippen molar-refractivity contribution in [3.05, 3.63) is 127 Å². The minimum Gasteiger partial charge on any atom is -0.506 e. The standard InChI is InChI=1S/C55H42N12O24S5/c1-90-41-22-37(59-58-36-16-5-26-3-6-28(20-34(26)50(36)70)57-63-49-52(72)65-67(54(49)74)31-10-14-33(15-11-31)95(84,85)86)39(68)24-43(41)92(77,78)17-18-93(79,80)44-25-40(69)38(23-42(44)91-2)60-61-46-45(96(87,88)89)19-27-4-7-29(21-35(27)51(46)71)56-62-47-48(55(75)76)64-66(53(47)73)30-8-12-32(13-9-30)94(81,82)83/h3-16,19-25,47,49,68-71H,17-18H2,1-2H3,(H,65,72)(H,75,76)(H,81,82,83)(H,84,85,86)(H,87,88,89). The first-order valence-electron chi connectivity index (χ1n) is 26.5. The molecule has 0 bridgehead atoms. The summed E-state index contributed by atoms with van der Waals surface area (Å²) in [7, 11) is -21.9. The van der Waals surface area contributed by atoms with E-state index in [1.54, 1.807) is 0 Å². The molecule has 96 heavy (non-hydrogen) atoms. The third-order valence-electron chi connectivity index (χ3n) is 14.0. The minimum atomic E-state index is -5.27. The number of amides is 3. The highest BCUT2D eigenvalue weighted by molar-refractivity contribution is 7.95. The highest BCUT2D eigenvalue weighted by Gasteiger charge is 2.42. The van der Waals surface area contributed by atoms with Gasteiger partial charge in [-0.2, -0.15) is 55.8 Å². The number of aliphatic carboxylic acids is 1. The number of benzene rings is 8. The predicted molar refractivity (Wildman–Crippen MR) is 330 cm³/mol. The third kappa shape index (κ3) is 13.7. The highest BCUT2D eigenvalue weighted by atomic mass is 32.2. The second-order valence-electron chi connectivity index (χ2n) is 20.1. The van der Waals surface area contributed by atoms with E-state index >= 15 is 0 Å². The summed E-state index contributed by atoms with van der Waals surface area (Å²) < 4.78 is 166. The fourth-order valence-electron chi connectivity index (χ4n) is 9.22. The largest absolute Gasteiger partial charge is 0.506 e. The highest BCUT2D eigenvalue weighted by Crippen LogP contribution is 2.46. The lowest BCUT2D eigenvalue weighted by atomic mass is 10.1. The Kier molecular flexibility index (Phi) is 18.0. The number of carboxylic acids is 1. The Morgan fingerprint density at radius 2 is 0.979 bits per heavy atom. The van der Waals surface area contributed by atoms with Crippen LogP contribution in [0.15, 0.2) is 198 Å². The van der Waals surface area contributed by atoms with Crippen molar-refractivity contribution in [2.75, 3.05) is 35.7 Å². The van der Waals surface area contributed by atoms with Crippen LogP contribution in [0.1, 0.15) is 0 Å². The zero-order valence-corrected chi connectivity index (χ0v) is 52.3. The minimum absolute atomic E-state index is 0.0417. The number of phenolic OH excluding ortho intramolecular Hbond substituents is 4. The van der Waals surface area contributed by atoms with Crippen LogP contribution in [0.3, 0.4) is 0 Å². The van der Waals surface area contributed by atoms with Crippen molar-refractivity contribution in [1.29, 1.82) is 0 Å². The first-order valence-corrected chi connectivity index (χ1v) is 34.1. The van der Waals surface area contributed by atoms with E-state index in [0.29, 0.717) is 22.5 Å². The number of hydrogen-bond acceptors (Lipinski definition) is 29. The normalized spacial score (nSPS) is 15.9. The number of rotatable bonds is 21. The summed E-state index contributed by atoms with van der Waals surface area (Å²) in [5.41, 5.74) is -0.996. The van der Waals surface area contributed by atoms with E-state index in [2.05, 4.69) is 51.4 Å². The van der Waals surface area contributed by atoms with Crippen molar-refractivity contribution in [2.45, 2.75) is 36.6 Å². The quantitative estimate of drug-likeness (QED) is 0.0196. The predicted octanol–water partition coefficient (Wildman–Crippen LogP) is 7.12. The average Bonchev–Trinajstić information content (AvgIpc) is 0.998. The van der Waals surface area contributed by atoms with Gasteiger partial charge in [-0.15, -0.1) is 20.5 Å². The van der Waals surface area contributed by atoms with Crippen molar-refractivity contribution >= 4 is 146 Å². The molecule has 2 unspecified atom stereocenters. The second-order valence-corrected chi connectivity index (χ2v) is 28.5. The number of carboxylic acid groups (broad SMARTS) is 1. The molecule has 10 rings (SSSR count). The van der Waals surface area contributed by atoms with Gasteiger partial charge < -0.3 is 35.0 Å². The van der Waals surface area contributed by atoms with Gasteiger partial charge in [0.15, 0.2) is 36.9 Å². The number of phenols is 4. The number of nitrogens with one attached hydrogen (secondary N) is 1. The van der Waals surface area contributed by atoms with E-state index in [9.17, 15) is 100 Å². The maximum absolute atomic E-state index is 13.9. The molecule has 2 aliphatic heterocycles. The summed E-state index contributed by atoms with van der Waals surface area (Å²) in [5.74, 6) is -11.3. The number of nitrogens with zero attached hydrogens (tertiary/aromatic N) is 11. The van der Waals surface area contributed by atoms with Crippen LogP contribution in [0.25, 0.3) is 21.5 Å².